The van der Waals surface area contributed by atoms with Crippen LogP contribution in [0.25, 0.3) is 0 Å². The van der Waals surface area contributed by atoms with E-state index in [2.05, 4.69) is 4.90 Å². The maximum atomic E-state index is 6.50. The van der Waals surface area contributed by atoms with E-state index in [1.807, 2.05) is 18.2 Å². The van der Waals surface area contributed by atoms with E-state index in [9.17, 15) is 0 Å². The van der Waals surface area contributed by atoms with Crippen molar-refractivity contribution < 1.29 is 4.74 Å². The van der Waals surface area contributed by atoms with Gasteiger partial charge in [0.05, 0.1) is 13.2 Å². The summed E-state index contributed by atoms with van der Waals surface area (Å²) in [5, 5.41) is 0.775. The summed E-state index contributed by atoms with van der Waals surface area (Å²) in [6.45, 7) is 1.12. The van der Waals surface area contributed by atoms with Crippen LogP contribution in [0.4, 0.5) is 0 Å². The third-order valence-electron chi connectivity index (χ3n) is 4.51. The predicted octanol–water partition coefficient (Wildman–Crippen LogP) is 3.37. The Bertz CT molecular complexity index is 476. The molecule has 0 amide bonds. The molecule has 2 unspecified atom stereocenters. The van der Waals surface area contributed by atoms with Crippen LogP contribution in [0.5, 0.6) is 5.75 Å². The molecule has 2 atom stereocenters. The molecule has 2 N–H and O–H groups in total. The van der Waals surface area contributed by atoms with Crippen molar-refractivity contribution in [2.24, 2.45) is 5.73 Å². The highest BCUT2D eigenvalue weighted by Crippen LogP contribution is 2.43. The average molecular weight is 295 g/mol. The maximum absolute atomic E-state index is 6.50. The number of benzene rings is 1. The van der Waals surface area contributed by atoms with E-state index in [0.717, 1.165) is 29.3 Å². The lowest BCUT2D eigenvalue weighted by molar-refractivity contribution is 0.172. The number of methoxy groups -OCH3 is 1. The first kappa shape index (κ1) is 14.2. The van der Waals surface area contributed by atoms with Crippen molar-refractivity contribution in [1.29, 1.82) is 0 Å². The van der Waals surface area contributed by atoms with E-state index >= 15 is 0 Å². The summed E-state index contributed by atoms with van der Waals surface area (Å²) in [6, 6.07) is 6.88. The molecule has 0 radical (unpaired) electrons. The molecule has 1 aromatic rings. The second kappa shape index (κ2) is 5.92. The zero-order valence-corrected chi connectivity index (χ0v) is 12.8. The van der Waals surface area contributed by atoms with Gasteiger partial charge in [0, 0.05) is 22.7 Å². The molecular formula is C16H23ClN2O. The Balaban J connectivity index is 2.03. The van der Waals surface area contributed by atoms with Gasteiger partial charge in [-0.3, -0.25) is 4.90 Å². The first-order chi connectivity index (χ1) is 9.72. The van der Waals surface area contributed by atoms with Gasteiger partial charge in [-0.25, -0.2) is 0 Å². The number of halogens is 1. The fraction of sp³-hybridized carbons (Fsp3) is 0.625. The van der Waals surface area contributed by atoms with E-state index < -0.39 is 0 Å². The van der Waals surface area contributed by atoms with Gasteiger partial charge in [-0.05, 0) is 44.4 Å². The number of nitrogens with two attached hydrogens (primary N) is 1. The highest BCUT2D eigenvalue weighted by Gasteiger charge is 2.40. The first-order valence-electron chi connectivity index (χ1n) is 7.56. The maximum Gasteiger partial charge on any atom is 0.125 e. The minimum absolute atomic E-state index is 0.131. The van der Waals surface area contributed by atoms with Gasteiger partial charge >= 0.3 is 0 Å². The molecule has 110 valence electrons. The molecule has 1 aliphatic heterocycles. The Morgan fingerprint density at radius 1 is 1.25 bits per heavy atom. The molecule has 1 saturated heterocycles. The van der Waals surface area contributed by atoms with E-state index in [1.165, 1.54) is 25.7 Å². The Morgan fingerprint density at radius 2 is 2.05 bits per heavy atom. The number of ether oxygens (including phenoxy) is 1. The molecule has 0 spiro atoms. The van der Waals surface area contributed by atoms with Gasteiger partial charge in [-0.15, -0.1) is 0 Å². The molecule has 1 heterocycles. The summed E-state index contributed by atoms with van der Waals surface area (Å²) in [5.41, 5.74) is 7.59. The van der Waals surface area contributed by atoms with Gasteiger partial charge in [-0.1, -0.05) is 24.1 Å². The van der Waals surface area contributed by atoms with E-state index in [4.69, 9.17) is 22.1 Å². The molecule has 2 aliphatic rings. The zero-order valence-electron chi connectivity index (χ0n) is 12.0. The van der Waals surface area contributed by atoms with Crippen LogP contribution < -0.4 is 10.5 Å². The van der Waals surface area contributed by atoms with Gasteiger partial charge in [0.15, 0.2) is 0 Å². The molecular weight excluding hydrogens is 272 g/mol. The van der Waals surface area contributed by atoms with Crippen LogP contribution in [0.3, 0.4) is 0 Å². The molecule has 1 saturated carbocycles. The Hall–Kier alpha value is -0.770. The lowest BCUT2D eigenvalue weighted by atomic mass is 9.95. The fourth-order valence-electron chi connectivity index (χ4n) is 3.40. The molecule has 1 aromatic carbocycles. The third-order valence-corrected chi connectivity index (χ3v) is 4.84. The summed E-state index contributed by atoms with van der Waals surface area (Å²) in [4.78, 5) is 2.57. The van der Waals surface area contributed by atoms with E-state index in [1.54, 1.807) is 7.11 Å². The molecule has 4 heteroatoms. The van der Waals surface area contributed by atoms with Crippen molar-refractivity contribution in [2.75, 3.05) is 13.7 Å². The highest BCUT2D eigenvalue weighted by molar-refractivity contribution is 6.31. The molecule has 20 heavy (non-hydrogen) atoms. The Labute approximate surface area is 126 Å². The van der Waals surface area contributed by atoms with Gasteiger partial charge in [0.1, 0.15) is 5.75 Å². The van der Waals surface area contributed by atoms with Gasteiger partial charge < -0.3 is 10.5 Å². The monoisotopic (exact) mass is 294 g/mol. The second-order valence-electron chi connectivity index (χ2n) is 5.93. The molecule has 3 rings (SSSR count). The minimum atomic E-state index is 0.131. The number of likely N-dealkylation sites (tertiary alicyclic amines) is 1. The topological polar surface area (TPSA) is 38.5 Å². The van der Waals surface area contributed by atoms with Crippen molar-refractivity contribution >= 4 is 11.6 Å². The summed E-state index contributed by atoms with van der Waals surface area (Å²) in [6.07, 6.45) is 6.06. The zero-order chi connectivity index (χ0) is 14.1. The lowest BCUT2D eigenvalue weighted by Crippen LogP contribution is -2.41. The molecule has 1 aliphatic carbocycles. The predicted molar refractivity (Wildman–Crippen MR) is 82.3 cm³/mol. The summed E-state index contributed by atoms with van der Waals surface area (Å²) >= 11 is 6.49. The van der Waals surface area contributed by atoms with Crippen LogP contribution in [-0.2, 0) is 0 Å². The second-order valence-corrected chi connectivity index (χ2v) is 6.34. The molecule has 0 bridgehead atoms. The SMILES string of the molecule is COc1cccc(Cl)c1C1C(N)CCCCN1C1CC1. The number of rotatable bonds is 3. The fourth-order valence-corrected chi connectivity index (χ4v) is 3.67. The standard InChI is InChI=1S/C16H23ClN2O/c1-20-14-7-4-5-12(17)15(14)16-13(18)6-2-3-10-19(16)11-8-9-11/h4-5,7,11,13,16H,2-3,6,8-10,18H2,1H3. The van der Waals surface area contributed by atoms with Crippen LogP contribution >= 0.6 is 11.6 Å². The number of hydrogen-bond acceptors (Lipinski definition) is 3. The smallest absolute Gasteiger partial charge is 0.125 e. The van der Waals surface area contributed by atoms with Crippen LogP contribution in [0.2, 0.25) is 5.02 Å². The van der Waals surface area contributed by atoms with Crippen LogP contribution in [0.1, 0.15) is 43.7 Å². The van der Waals surface area contributed by atoms with Gasteiger partial charge in [0.25, 0.3) is 0 Å². The van der Waals surface area contributed by atoms with Crippen molar-refractivity contribution in [3.05, 3.63) is 28.8 Å². The highest BCUT2D eigenvalue weighted by atomic mass is 35.5. The first-order valence-corrected chi connectivity index (χ1v) is 7.94. The van der Waals surface area contributed by atoms with Crippen LogP contribution in [0, 0.1) is 0 Å². The third kappa shape index (κ3) is 2.67. The molecule has 3 nitrogen and oxygen atoms in total. The number of nitrogens with zero attached hydrogens (tertiary/aromatic N) is 1. The Kier molecular flexibility index (Phi) is 4.20. The van der Waals surface area contributed by atoms with Gasteiger partial charge in [0.2, 0.25) is 0 Å². The average Bonchev–Trinajstić information content (AvgIpc) is 3.26. The van der Waals surface area contributed by atoms with Gasteiger partial charge in [-0.2, -0.15) is 0 Å². The normalized spacial score (nSPS) is 28.1. The largest absolute Gasteiger partial charge is 0.496 e. The quantitative estimate of drug-likeness (QED) is 0.929. The minimum Gasteiger partial charge on any atom is -0.496 e. The van der Waals surface area contributed by atoms with Crippen molar-refractivity contribution in [2.45, 2.75) is 50.2 Å². The number of hydrogen-bond donors (Lipinski definition) is 1. The van der Waals surface area contributed by atoms with Crippen molar-refractivity contribution in [3.63, 3.8) is 0 Å². The molecule has 0 aromatic heterocycles. The van der Waals surface area contributed by atoms with Crippen LogP contribution in [0.15, 0.2) is 18.2 Å². The van der Waals surface area contributed by atoms with Crippen molar-refractivity contribution in [3.8, 4) is 5.75 Å². The van der Waals surface area contributed by atoms with E-state index in [0.29, 0.717) is 6.04 Å². The summed E-state index contributed by atoms with van der Waals surface area (Å²) in [5.74, 6) is 0.866. The lowest BCUT2D eigenvalue weighted by Gasteiger charge is -2.35. The van der Waals surface area contributed by atoms with Crippen molar-refractivity contribution in [1.82, 2.24) is 4.90 Å². The van der Waals surface area contributed by atoms with Crippen LogP contribution in [-0.4, -0.2) is 30.6 Å². The Morgan fingerprint density at radius 3 is 2.75 bits per heavy atom. The van der Waals surface area contributed by atoms with E-state index in [-0.39, 0.29) is 12.1 Å². The molecule has 2 fully saturated rings. The summed E-state index contributed by atoms with van der Waals surface area (Å²) in [7, 11) is 1.71. The summed E-state index contributed by atoms with van der Waals surface area (Å²) < 4.78 is 5.55.